The Bertz CT molecular complexity index is 163. The molecule has 0 bridgehead atoms. The van der Waals surface area contributed by atoms with E-state index in [-0.39, 0.29) is 0 Å². The fourth-order valence-corrected chi connectivity index (χ4v) is 0.731. The molecule has 0 amide bonds. The highest BCUT2D eigenvalue weighted by Gasteiger charge is 2.22. The summed E-state index contributed by atoms with van der Waals surface area (Å²) in [5, 5.41) is 0. The van der Waals surface area contributed by atoms with Gasteiger partial charge in [0.25, 0.3) is 0 Å². The molecule has 1 radical (unpaired) electrons. The number of hydrogen-bond acceptors (Lipinski definition) is 0. The second kappa shape index (κ2) is 1.98. The highest BCUT2D eigenvalue weighted by Crippen LogP contribution is 2.25. The van der Waals surface area contributed by atoms with Crippen LogP contribution in [0.15, 0.2) is 23.8 Å². The van der Waals surface area contributed by atoms with Crippen molar-refractivity contribution in [1.29, 1.82) is 0 Å². The van der Waals surface area contributed by atoms with E-state index in [1.54, 1.807) is 32.1 Å². The maximum atomic E-state index is 13.1. The smallest absolute Gasteiger partial charge is 0.147 e. The Labute approximate surface area is 55.1 Å². The van der Waals surface area contributed by atoms with Crippen molar-refractivity contribution in [2.75, 3.05) is 0 Å². The van der Waals surface area contributed by atoms with Gasteiger partial charge in [0, 0.05) is 6.42 Å². The fourth-order valence-electron chi connectivity index (χ4n) is 0.731. The van der Waals surface area contributed by atoms with Crippen LogP contribution in [0.25, 0.3) is 0 Å². The lowest BCUT2D eigenvalue weighted by Gasteiger charge is -2.19. The third kappa shape index (κ3) is 1.21. The molecule has 0 aromatic heterocycles. The molecule has 0 N–H and O–H groups in total. The van der Waals surface area contributed by atoms with Crippen LogP contribution in [0.5, 0.6) is 0 Å². The first-order chi connectivity index (χ1) is 4.13. The van der Waals surface area contributed by atoms with Crippen molar-refractivity contribution in [3.05, 3.63) is 30.2 Å². The predicted octanol–water partition coefficient (Wildman–Crippen LogP) is 2.43. The Kier molecular flexibility index (Phi) is 1.43. The average Bonchev–Trinajstić information content (AvgIpc) is 1.77. The fraction of sp³-hybridized carbons (Fsp3) is 0.375. The standard InChI is InChI=1S/C8H10F/c1-7-5-3-4-6-8(7,2)9/h3-6H,1-2H3. The van der Waals surface area contributed by atoms with Gasteiger partial charge < -0.3 is 0 Å². The summed E-state index contributed by atoms with van der Waals surface area (Å²) < 4.78 is 13.1. The number of halogens is 1. The Morgan fingerprint density at radius 2 is 2.22 bits per heavy atom. The van der Waals surface area contributed by atoms with E-state index in [1.807, 2.05) is 6.42 Å². The molecule has 0 nitrogen and oxygen atoms in total. The van der Waals surface area contributed by atoms with E-state index in [0.717, 1.165) is 5.57 Å². The van der Waals surface area contributed by atoms with Crippen molar-refractivity contribution in [2.24, 2.45) is 0 Å². The van der Waals surface area contributed by atoms with Crippen LogP contribution in [-0.4, -0.2) is 5.67 Å². The first kappa shape index (κ1) is 6.53. The van der Waals surface area contributed by atoms with E-state index in [4.69, 9.17) is 0 Å². The first-order valence-corrected chi connectivity index (χ1v) is 3.02. The third-order valence-corrected chi connectivity index (χ3v) is 1.64. The molecule has 1 aliphatic rings. The van der Waals surface area contributed by atoms with Crippen LogP contribution in [0.3, 0.4) is 0 Å². The Morgan fingerprint density at radius 3 is 2.56 bits per heavy atom. The largest absolute Gasteiger partial charge is 0.235 e. The topological polar surface area (TPSA) is 0 Å². The van der Waals surface area contributed by atoms with Gasteiger partial charge >= 0.3 is 0 Å². The minimum atomic E-state index is -1.21. The van der Waals surface area contributed by atoms with E-state index in [1.165, 1.54) is 0 Å². The summed E-state index contributed by atoms with van der Waals surface area (Å²) in [6.45, 7) is 3.35. The zero-order valence-corrected chi connectivity index (χ0v) is 5.69. The van der Waals surface area contributed by atoms with Crippen LogP contribution in [0.1, 0.15) is 13.8 Å². The van der Waals surface area contributed by atoms with Crippen molar-refractivity contribution in [1.82, 2.24) is 0 Å². The molecular formula is C8H10F. The Morgan fingerprint density at radius 1 is 1.56 bits per heavy atom. The molecule has 49 valence electrons. The minimum Gasteiger partial charge on any atom is -0.235 e. The lowest BCUT2D eigenvalue weighted by atomic mass is 9.94. The van der Waals surface area contributed by atoms with Gasteiger partial charge in [-0.05, 0) is 25.5 Å². The summed E-state index contributed by atoms with van der Waals surface area (Å²) in [5.74, 6) is 0. The molecule has 0 saturated heterocycles. The van der Waals surface area contributed by atoms with Gasteiger partial charge in [0.15, 0.2) is 0 Å². The summed E-state index contributed by atoms with van der Waals surface area (Å²) >= 11 is 0. The summed E-state index contributed by atoms with van der Waals surface area (Å²) in [6.07, 6.45) is 6.92. The number of rotatable bonds is 0. The number of allylic oxidation sites excluding steroid dienone is 4. The normalized spacial score (nSPS) is 34.3. The second-order valence-corrected chi connectivity index (χ2v) is 2.48. The molecular weight excluding hydrogens is 115 g/mol. The van der Waals surface area contributed by atoms with Crippen molar-refractivity contribution in [3.8, 4) is 0 Å². The van der Waals surface area contributed by atoms with Crippen LogP contribution >= 0.6 is 0 Å². The molecule has 1 heteroatoms. The quantitative estimate of drug-likeness (QED) is 0.466. The highest BCUT2D eigenvalue weighted by molar-refractivity contribution is 5.32. The highest BCUT2D eigenvalue weighted by atomic mass is 19.1. The lowest BCUT2D eigenvalue weighted by Crippen LogP contribution is -2.17. The van der Waals surface area contributed by atoms with Gasteiger partial charge in [0.05, 0.1) is 0 Å². The van der Waals surface area contributed by atoms with Crippen LogP contribution in [-0.2, 0) is 0 Å². The van der Waals surface area contributed by atoms with Gasteiger partial charge in [-0.15, -0.1) is 0 Å². The van der Waals surface area contributed by atoms with Crippen LogP contribution in [0.2, 0.25) is 0 Å². The molecule has 0 aromatic rings. The first-order valence-electron chi connectivity index (χ1n) is 3.02. The van der Waals surface area contributed by atoms with Gasteiger partial charge in [-0.3, -0.25) is 0 Å². The van der Waals surface area contributed by atoms with Gasteiger partial charge in [0.1, 0.15) is 5.67 Å². The SMILES string of the molecule is CC1=C[CH]C=CC1(C)F. The maximum Gasteiger partial charge on any atom is 0.147 e. The Hall–Kier alpha value is -0.590. The predicted molar refractivity (Wildman–Crippen MR) is 36.7 cm³/mol. The monoisotopic (exact) mass is 125 g/mol. The van der Waals surface area contributed by atoms with E-state index >= 15 is 0 Å². The van der Waals surface area contributed by atoms with Gasteiger partial charge in [-0.2, -0.15) is 0 Å². The minimum absolute atomic E-state index is 0.769. The van der Waals surface area contributed by atoms with E-state index in [2.05, 4.69) is 0 Å². The molecule has 1 atom stereocenters. The van der Waals surface area contributed by atoms with Crippen LogP contribution in [0.4, 0.5) is 4.39 Å². The summed E-state index contributed by atoms with van der Waals surface area (Å²) in [7, 11) is 0. The zero-order chi connectivity index (χ0) is 6.91. The van der Waals surface area contributed by atoms with Crippen molar-refractivity contribution >= 4 is 0 Å². The zero-order valence-electron chi connectivity index (χ0n) is 5.69. The molecule has 9 heavy (non-hydrogen) atoms. The Balaban J connectivity index is 2.83. The van der Waals surface area contributed by atoms with E-state index < -0.39 is 5.67 Å². The van der Waals surface area contributed by atoms with Crippen molar-refractivity contribution in [2.45, 2.75) is 19.5 Å². The lowest BCUT2D eigenvalue weighted by molar-refractivity contribution is 0.307. The molecule has 0 fully saturated rings. The second-order valence-electron chi connectivity index (χ2n) is 2.48. The van der Waals surface area contributed by atoms with Crippen LogP contribution in [0, 0.1) is 6.42 Å². The average molecular weight is 125 g/mol. The van der Waals surface area contributed by atoms with Gasteiger partial charge in [0.2, 0.25) is 0 Å². The van der Waals surface area contributed by atoms with Crippen LogP contribution < -0.4 is 0 Å². The number of alkyl halides is 1. The van der Waals surface area contributed by atoms with Crippen molar-refractivity contribution < 1.29 is 4.39 Å². The molecule has 0 saturated carbocycles. The molecule has 1 unspecified atom stereocenters. The molecule has 0 heterocycles. The summed E-state index contributed by atoms with van der Waals surface area (Å²) in [5.41, 5.74) is -0.445. The molecule has 0 spiro atoms. The summed E-state index contributed by atoms with van der Waals surface area (Å²) in [6, 6.07) is 0. The molecule has 0 aliphatic heterocycles. The molecule has 1 aliphatic carbocycles. The van der Waals surface area contributed by atoms with E-state index in [9.17, 15) is 4.39 Å². The maximum absolute atomic E-state index is 13.1. The van der Waals surface area contributed by atoms with E-state index in [0.29, 0.717) is 0 Å². The van der Waals surface area contributed by atoms with Gasteiger partial charge in [-0.1, -0.05) is 12.2 Å². The number of hydrogen-bond donors (Lipinski definition) is 0. The molecule has 0 aromatic carbocycles. The van der Waals surface area contributed by atoms with Crippen molar-refractivity contribution in [3.63, 3.8) is 0 Å². The molecule has 1 rings (SSSR count). The summed E-state index contributed by atoms with van der Waals surface area (Å²) in [4.78, 5) is 0. The third-order valence-electron chi connectivity index (χ3n) is 1.64. The van der Waals surface area contributed by atoms with Gasteiger partial charge in [-0.25, -0.2) is 4.39 Å².